The summed E-state index contributed by atoms with van der Waals surface area (Å²) in [5, 5.41) is 0. The Morgan fingerprint density at radius 1 is 1.40 bits per heavy atom. The highest BCUT2D eigenvalue weighted by molar-refractivity contribution is 6.00. The molecule has 15 heavy (non-hydrogen) atoms. The molecule has 1 atom stereocenters. The van der Waals surface area contributed by atoms with E-state index in [2.05, 4.69) is 0 Å². The van der Waals surface area contributed by atoms with E-state index in [1.807, 2.05) is 13.8 Å². The van der Waals surface area contributed by atoms with Crippen LogP contribution in [0, 0.1) is 23.0 Å². The number of ketones is 1. The number of carbonyl (C=O) groups excluding carboxylic acids is 1. The van der Waals surface area contributed by atoms with Crippen molar-refractivity contribution in [1.82, 2.24) is 0 Å². The molecule has 1 aliphatic carbocycles. The summed E-state index contributed by atoms with van der Waals surface area (Å²) in [6.07, 6.45) is 0.780. The lowest BCUT2D eigenvalue weighted by atomic mass is 10.0. The summed E-state index contributed by atoms with van der Waals surface area (Å²) in [5.74, 6) is -1.74. The normalized spacial score (nSPS) is 22.5. The van der Waals surface area contributed by atoms with Gasteiger partial charge in [-0.1, -0.05) is 13.8 Å². The molecule has 2 rings (SSSR count). The molecule has 1 aliphatic rings. The van der Waals surface area contributed by atoms with E-state index in [9.17, 15) is 13.6 Å². The van der Waals surface area contributed by atoms with E-state index in [1.165, 1.54) is 6.07 Å². The maximum absolute atomic E-state index is 13.3. The predicted molar refractivity (Wildman–Crippen MR) is 52.6 cm³/mol. The maximum Gasteiger partial charge on any atom is 0.169 e. The minimum absolute atomic E-state index is 0.00646. The molecule has 3 heteroatoms. The van der Waals surface area contributed by atoms with E-state index in [-0.39, 0.29) is 22.7 Å². The van der Waals surface area contributed by atoms with Crippen molar-refractivity contribution >= 4 is 5.78 Å². The van der Waals surface area contributed by atoms with Crippen LogP contribution in [0.5, 0.6) is 0 Å². The Bertz CT molecular complexity index is 424. The minimum atomic E-state index is -0.761. The SMILES string of the molecule is CC1(C)CC1C(=O)c1ccc(F)cc1F. The Kier molecular flexibility index (Phi) is 2.14. The zero-order valence-electron chi connectivity index (χ0n) is 8.68. The summed E-state index contributed by atoms with van der Waals surface area (Å²) in [6, 6.07) is 3.09. The van der Waals surface area contributed by atoms with Gasteiger partial charge in [0.1, 0.15) is 11.6 Å². The molecule has 1 aromatic rings. The Morgan fingerprint density at radius 2 is 2.00 bits per heavy atom. The van der Waals surface area contributed by atoms with Gasteiger partial charge in [0.15, 0.2) is 5.78 Å². The zero-order chi connectivity index (χ0) is 11.2. The number of benzene rings is 1. The molecule has 0 aliphatic heterocycles. The van der Waals surface area contributed by atoms with Crippen molar-refractivity contribution in [3.8, 4) is 0 Å². The highest BCUT2D eigenvalue weighted by atomic mass is 19.1. The van der Waals surface area contributed by atoms with Gasteiger partial charge in [-0.25, -0.2) is 8.78 Å². The topological polar surface area (TPSA) is 17.1 Å². The van der Waals surface area contributed by atoms with Crippen LogP contribution in [0.4, 0.5) is 8.78 Å². The highest BCUT2D eigenvalue weighted by Gasteiger charge is 2.50. The fraction of sp³-hybridized carbons (Fsp3) is 0.417. The highest BCUT2D eigenvalue weighted by Crippen LogP contribution is 2.53. The lowest BCUT2D eigenvalue weighted by Crippen LogP contribution is -2.08. The van der Waals surface area contributed by atoms with Gasteiger partial charge in [-0.3, -0.25) is 4.79 Å². The summed E-state index contributed by atoms with van der Waals surface area (Å²) in [6.45, 7) is 3.94. The van der Waals surface area contributed by atoms with Gasteiger partial charge in [0, 0.05) is 12.0 Å². The maximum atomic E-state index is 13.3. The molecule has 0 N–H and O–H groups in total. The fourth-order valence-corrected chi connectivity index (χ4v) is 1.79. The number of Topliss-reactive ketones (excluding diaryl/α,β-unsaturated/α-hetero) is 1. The molecule has 0 amide bonds. The third-order valence-corrected chi connectivity index (χ3v) is 3.03. The molecule has 0 radical (unpaired) electrons. The van der Waals surface area contributed by atoms with Gasteiger partial charge < -0.3 is 0 Å². The average Bonchev–Trinajstić information content (AvgIpc) is 2.74. The summed E-state index contributed by atoms with van der Waals surface area (Å²) in [7, 11) is 0. The second-order valence-electron chi connectivity index (χ2n) is 4.73. The molecule has 1 unspecified atom stereocenters. The number of carbonyl (C=O) groups is 1. The van der Waals surface area contributed by atoms with Crippen LogP contribution in [-0.2, 0) is 0 Å². The van der Waals surface area contributed by atoms with Gasteiger partial charge in [0.2, 0.25) is 0 Å². The molecule has 1 aromatic carbocycles. The van der Waals surface area contributed by atoms with Crippen molar-refractivity contribution in [2.75, 3.05) is 0 Å². The first-order valence-electron chi connectivity index (χ1n) is 4.91. The standard InChI is InChI=1S/C12H12F2O/c1-12(2)6-9(12)11(15)8-4-3-7(13)5-10(8)14/h3-5,9H,6H2,1-2H3. The van der Waals surface area contributed by atoms with Gasteiger partial charge in [-0.05, 0) is 24.0 Å². The summed E-state index contributed by atoms with van der Waals surface area (Å²) < 4.78 is 25.9. The van der Waals surface area contributed by atoms with Crippen molar-refractivity contribution in [2.45, 2.75) is 20.3 Å². The fourth-order valence-electron chi connectivity index (χ4n) is 1.79. The molecule has 1 saturated carbocycles. The third kappa shape index (κ3) is 1.78. The minimum Gasteiger partial charge on any atom is -0.294 e. The zero-order valence-corrected chi connectivity index (χ0v) is 8.68. The van der Waals surface area contributed by atoms with E-state index in [0.29, 0.717) is 0 Å². The summed E-state index contributed by atoms with van der Waals surface area (Å²) >= 11 is 0. The van der Waals surface area contributed by atoms with Crippen LogP contribution < -0.4 is 0 Å². The Labute approximate surface area is 87.1 Å². The Balaban J connectivity index is 2.27. The van der Waals surface area contributed by atoms with Crippen molar-refractivity contribution in [3.05, 3.63) is 35.4 Å². The molecule has 0 aromatic heterocycles. The van der Waals surface area contributed by atoms with Gasteiger partial charge >= 0.3 is 0 Å². The summed E-state index contributed by atoms with van der Waals surface area (Å²) in [4.78, 5) is 11.8. The molecule has 0 spiro atoms. The third-order valence-electron chi connectivity index (χ3n) is 3.03. The first-order valence-corrected chi connectivity index (χ1v) is 4.91. The monoisotopic (exact) mass is 210 g/mol. The van der Waals surface area contributed by atoms with Crippen LogP contribution in [0.1, 0.15) is 30.6 Å². The van der Waals surface area contributed by atoms with Gasteiger partial charge in [-0.15, -0.1) is 0 Å². The number of halogens is 2. The molecule has 80 valence electrons. The molecule has 0 bridgehead atoms. The molecule has 0 heterocycles. The Morgan fingerprint density at radius 3 is 2.47 bits per heavy atom. The first kappa shape index (κ1) is 10.3. The smallest absolute Gasteiger partial charge is 0.169 e. The van der Waals surface area contributed by atoms with Crippen LogP contribution in [0.25, 0.3) is 0 Å². The molecule has 1 fully saturated rings. The van der Waals surface area contributed by atoms with E-state index < -0.39 is 11.6 Å². The molecular weight excluding hydrogens is 198 g/mol. The van der Waals surface area contributed by atoms with Crippen molar-refractivity contribution < 1.29 is 13.6 Å². The van der Waals surface area contributed by atoms with Crippen LogP contribution in [0.15, 0.2) is 18.2 Å². The van der Waals surface area contributed by atoms with Gasteiger partial charge in [0.05, 0.1) is 5.56 Å². The predicted octanol–water partition coefficient (Wildman–Crippen LogP) is 3.19. The van der Waals surface area contributed by atoms with Crippen molar-refractivity contribution in [3.63, 3.8) is 0 Å². The number of hydrogen-bond acceptors (Lipinski definition) is 1. The summed E-state index contributed by atoms with van der Waals surface area (Å²) in [5.41, 5.74) is -0.0234. The van der Waals surface area contributed by atoms with Crippen LogP contribution in [0.2, 0.25) is 0 Å². The quantitative estimate of drug-likeness (QED) is 0.685. The molecule has 1 nitrogen and oxygen atoms in total. The number of hydrogen-bond donors (Lipinski definition) is 0. The lowest BCUT2D eigenvalue weighted by molar-refractivity contribution is 0.0949. The molecule has 0 saturated heterocycles. The average molecular weight is 210 g/mol. The molecular formula is C12H12F2O. The van der Waals surface area contributed by atoms with Crippen LogP contribution in [-0.4, -0.2) is 5.78 Å². The van der Waals surface area contributed by atoms with Crippen molar-refractivity contribution in [2.24, 2.45) is 11.3 Å². The van der Waals surface area contributed by atoms with E-state index in [0.717, 1.165) is 18.6 Å². The largest absolute Gasteiger partial charge is 0.294 e. The van der Waals surface area contributed by atoms with E-state index >= 15 is 0 Å². The van der Waals surface area contributed by atoms with E-state index in [1.54, 1.807) is 0 Å². The lowest BCUT2D eigenvalue weighted by Gasteiger charge is -2.04. The second-order valence-corrected chi connectivity index (χ2v) is 4.73. The van der Waals surface area contributed by atoms with Gasteiger partial charge in [0.25, 0.3) is 0 Å². The first-order chi connectivity index (χ1) is 6.92. The van der Waals surface area contributed by atoms with Crippen molar-refractivity contribution in [1.29, 1.82) is 0 Å². The second kappa shape index (κ2) is 3.12. The van der Waals surface area contributed by atoms with Crippen LogP contribution >= 0.6 is 0 Å². The van der Waals surface area contributed by atoms with E-state index in [4.69, 9.17) is 0 Å². The van der Waals surface area contributed by atoms with Crippen LogP contribution in [0.3, 0.4) is 0 Å². The number of rotatable bonds is 2. The Hall–Kier alpha value is -1.25. The van der Waals surface area contributed by atoms with Gasteiger partial charge in [-0.2, -0.15) is 0 Å².